The Balaban J connectivity index is 1.56. The first-order chi connectivity index (χ1) is 11.7. The molecule has 2 N–H and O–H groups in total. The lowest BCUT2D eigenvalue weighted by molar-refractivity contribution is 0.0952. The van der Waals surface area contributed by atoms with Gasteiger partial charge in [0, 0.05) is 42.1 Å². The van der Waals surface area contributed by atoms with Gasteiger partial charge >= 0.3 is 0 Å². The summed E-state index contributed by atoms with van der Waals surface area (Å²) in [6.45, 7) is 3.34. The minimum absolute atomic E-state index is 0.201. The highest BCUT2D eigenvalue weighted by Gasteiger charge is 2.07. The molecule has 0 unspecified atom stereocenters. The average molecular weight is 323 g/mol. The third-order valence-electron chi connectivity index (χ3n) is 4.08. The molecule has 0 atom stereocenters. The molecule has 0 radical (unpaired) electrons. The Morgan fingerprint density at radius 3 is 2.88 bits per heavy atom. The van der Waals surface area contributed by atoms with Crippen LogP contribution in [-0.4, -0.2) is 22.0 Å². The molecule has 0 bridgehead atoms. The summed E-state index contributed by atoms with van der Waals surface area (Å²) in [6, 6.07) is 13.4. The molecule has 24 heavy (non-hydrogen) atoms. The van der Waals surface area contributed by atoms with Gasteiger partial charge in [-0.3, -0.25) is 9.59 Å². The van der Waals surface area contributed by atoms with E-state index in [1.165, 1.54) is 17.0 Å². The number of H-pyrrole nitrogens is 1. The van der Waals surface area contributed by atoms with Crippen molar-refractivity contribution in [3.8, 4) is 0 Å². The van der Waals surface area contributed by atoms with E-state index >= 15 is 0 Å². The van der Waals surface area contributed by atoms with Crippen LogP contribution in [0, 0.1) is 0 Å². The maximum absolute atomic E-state index is 12.2. The number of aromatic nitrogens is 2. The van der Waals surface area contributed by atoms with E-state index in [2.05, 4.69) is 39.3 Å². The molecule has 1 amide bonds. The lowest BCUT2D eigenvalue weighted by atomic mass is 10.2. The van der Waals surface area contributed by atoms with Gasteiger partial charge < -0.3 is 14.9 Å². The minimum atomic E-state index is -0.238. The standard InChI is InChI=1S/C19H21N3O2/c1-2-16-12-15(13-18(23)21-16)19(24)20-9-5-10-22-11-8-14-6-3-4-7-17(14)22/h3-4,6-8,11-13H,2,5,9-10H2,1H3,(H,20,24)(H,21,23). The van der Waals surface area contributed by atoms with E-state index in [1.807, 2.05) is 19.1 Å². The summed E-state index contributed by atoms with van der Waals surface area (Å²) >= 11 is 0. The van der Waals surface area contributed by atoms with Crippen molar-refractivity contribution in [3.05, 3.63) is 70.3 Å². The quantitative estimate of drug-likeness (QED) is 0.685. The zero-order chi connectivity index (χ0) is 16.9. The second-order valence-corrected chi connectivity index (χ2v) is 5.79. The van der Waals surface area contributed by atoms with Crippen LogP contribution in [-0.2, 0) is 13.0 Å². The van der Waals surface area contributed by atoms with Crippen LogP contribution in [0.1, 0.15) is 29.4 Å². The number of hydrogen-bond donors (Lipinski definition) is 2. The topological polar surface area (TPSA) is 66.9 Å². The maximum Gasteiger partial charge on any atom is 0.251 e. The number of nitrogens with one attached hydrogen (secondary N) is 2. The Labute approximate surface area is 140 Å². The Hall–Kier alpha value is -2.82. The molecule has 1 aromatic carbocycles. The summed E-state index contributed by atoms with van der Waals surface area (Å²) in [4.78, 5) is 26.4. The number of amides is 1. The molecule has 0 spiro atoms. The van der Waals surface area contributed by atoms with Crippen LogP contribution in [0.25, 0.3) is 10.9 Å². The fourth-order valence-corrected chi connectivity index (χ4v) is 2.81. The van der Waals surface area contributed by atoms with Crippen molar-refractivity contribution in [1.82, 2.24) is 14.9 Å². The summed E-state index contributed by atoms with van der Waals surface area (Å²) in [5.41, 5.74) is 2.15. The Morgan fingerprint density at radius 1 is 1.21 bits per heavy atom. The van der Waals surface area contributed by atoms with Crippen LogP contribution < -0.4 is 10.9 Å². The number of aromatic amines is 1. The molecule has 124 valence electrons. The number of aryl methyl sites for hydroxylation is 2. The Bertz CT molecular complexity index is 908. The van der Waals surface area contributed by atoms with E-state index in [9.17, 15) is 9.59 Å². The number of carbonyl (C=O) groups is 1. The highest BCUT2D eigenvalue weighted by Crippen LogP contribution is 2.15. The zero-order valence-corrected chi connectivity index (χ0v) is 13.7. The lowest BCUT2D eigenvalue weighted by Gasteiger charge is -2.08. The number of nitrogens with zero attached hydrogens (tertiary/aromatic N) is 1. The molecule has 0 aliphatic heterocycles. The number of para-hydroxylation sites is 1. The summed E-state index contributed by atoms with van der Waals surface area (Å²) in [6.07, 6.45) is 3.59. The van der Waals surface area contributed by atoms with Gasteiger partial charge in [-0.05, 0) is 36.4 Å². The lowest BCUT2D eigenvalue weighted by Crippen LogP contribution is -2.26. The first-order valence-electron chi connectivity index (χ1n) is 8.22. The Kier molecular flexibility index (Phi) is 4.79. The van der Waals surface area contributed by atoms with Crippen LogP contribution in [0.2, 0.25) is 0 Å². The molecule has 0 saturated heterocycles. The van der Waals surface area contributed by atoms with Gasteiger partial charge in [0.2, 0.25) is 5.56 Å². The van der Waals surface area contributed by atoms with E-state index in [4.69, 9.17) is 0 Å². The minimum Gasteiger partial charge on any atom is -0.352 e. The van der Waals surface area contributed by atoms with Crippen LogP contribution >= 0.6 is 0 Å². The van der Waals surface area contributed by atoms with Gasteiger partial charge in [-0.1, -0.05) is 25.1 Å². The van der Waals surface area contributed by atoms with Gasteiger partial charge in [0.25, 0.3) is 5.91 Å². The predicted octanol–water partition coefficient (Wildman–Crippen LogP) is 2.71. The maximum atomic E-state index is 12.2. The van der Waals surface area contributed by atoms with Crippen molar-refractivity contribution >= 4 is 16.8 Å². The predicted molar refractivity (Wildman–Crippen MR) is 95.3 cm³/mol. The van der Waals surface area contributed by atoms with Crippen LogP contribution in [0.15, 0.2) is 53.5 Å². The number of pyridine rings is 1. The van der Waals surface area contributed by atoms with Crippen LogP contribution in [0.4, 0.5) is 0 Å². The second kappa shape index (κ2) is 7.17. The monoisotopic (exact) mass is 323 g/mol. The fourth-order valence-electron chi connectivity index (χ4n) is 2.81. The number of hydrogen-bond acceptors (Lipinski definition) is 2. The molecule has 0 saturated carbocycles. The smallest absolute Gasteiger partial charge is 0.251 e. The highest BCUT2D eigenvalue weighted by molar-refractivity contribution is 5.94. The SMILES string of the molecule is CCc1cc(C(=O)NCCCn2ccc3ccccc32)cc(=O)[nH]1. The molecule has 5 nitrogen and oxygen atoms in total. The third kappa shape index (κ3) is 3.56. The summed E-state index contributed by atoms with van der Waals surface area (Å²) in [5, 5.41) is 4.10. The summed E-state index contributed by atoms with van der Waals surface area (Å²) in [5.74, 6) is -0.201. The first kappa shape index (κ1) is 16.1. The molecular formula is C19H21N3O2. The zero-order valence-electron chi connectivity index (χ0n) is 13.7. The van der Waals surface area contributed by atoms with E-state index in [1.54, 1.807) is 6.07 Å². The van der Waals surface area contributed by atoms with Crippen molar-refractivity contribution in [2.24, 2.45) is 0 Å². The van der Waals surface area contributed by atoms with E-state index in [0.29, 0.717) is 18.5 Å². The summed E-state index contributed by atoms with van der Waals surface area (Å²) < 4.78 is 2.18. The number of carbonyl (C=O) groups excluding carboxylic acids is 1. The number of benzene rings is 1. The van der Waals surface area contributed by atoms with Crippen molar-refractivity contribution < 1.29 is 4.79 Å². The van der Waals surface area contributed by atoms with E-state index in [-0.39, 0.29) is 11.5 Å². The number of fused-ring (bicyclic) bond motifs is 1. The molecular weight excluding hydrogens is 302 g/mol. The fraction of sp³-hybridized carbons (Fsp3) is 0.263. The normalized spacial score (nSPS) is 10.9. The van der Waals surface area contributed by atoms with Gasteiger partial charge in [-0.2, -0.15) is 0 Å². The van der Waals surface area contributed by atoms with E-state index in [0.717, 1.165) is 18.7 Å². The van der Waals surface area contributed by atoms with Gasteiger partial charge in [-0.15, -0.1) is 0 Å². The van der Waals surface area contributed by atoms with Crippen LogP contribution in [0.3, 0.4) is 0 Å². The Morgan fingerprint density at radius 2 is 2.04 bits per heavy atom. The van der Waals surface area contributed by atoms with Gasteiger partial charge in [0.15, 0.2) is 0 Å². The second-order valence-electron chi connectivity index (χ2n) is 5.79. The van der Waals surface area contributed by atoms with E-state index < -0.39 is 0 Å². The van der Waals surface area contributed by atoms with Crippen LogP contribution in [0.5, 0.6) is 0 Å². The van der Waals surface area contributed by atoms with Gasteiger partial charge in [-0.25, -0.2) is 0 Å². The highest BCUT2D eigenvalue weighted by atomic mass is 16.2. The molecule has 0 aliphatic carbocycles. The van der Waals surface area contributed by atoms with Crippen molar-refractivity contribution in [2.75, 3.05) is 6.54 Å². The molecule has 3 rings (SSSR count). The average Bonchev–Trinajstić information content (AvgIpc) is 3.01. The van der Waals surface area contributed by atoms with Crippen molar-refractivity contribution in [2.45, 2.75) is 26.3 Å². The molecule has 3 aromatic rings. The molecule has 5 heteroatoms. The molecule has 2 heterocycles. The largest absolute Gasteiger partial charge is 0.352 e. The molecule has 0 fully saturated rings. The molecule has 2 aromatic heterocycles. The van der Waals surface area contributed by atoms with Gasteiger partial charge in [0.05, 0.1) is 0 Å². The first-order valence-corrected chi connectivity index (χ1v) is 8.22. The summed E-state index contributed by atoms with van der Waals surface area (Å²) in [7, 11) is 0. The number of rotatable bonds is 6. The van der Waals surface area contributed by atoms with Gasteiger partial charge in [0.1, 0.15) is 0 Å². The molecule has 0 aliphatic rings. The van der Waals surface area contributed by atoms with Crippen molar-refractivity contribution in [1.29, 1.82) is 0 Å². The van der Waals surface area contributed by atoms with Crippen molar-refractivity contribution in [3.63, 3.8) is 0 Å². The third-order valence-corrected chi connectivity index (χ3v) is 4.08.